The second kappa shape index (κ2) is 8.13. The van der Waals surface area contributed by atoms with Gasteiger partial charge in [-0.3, -0.25) is 9.59 Å². The number of hydrogen-bond acceptors (Lipinski definition) is 5. The molecule has 2 aliphatic heterocycles. The van der Waals surface area contributed by atoms with Crippen molar-refractivity contribution in [1.82, 2.24) is 10.2 Å². The van der Waals surface area contributed by atoms with Gasteiger partial charge in [-0.1, -0.05) is 18.2 Å². The Morgan fingerprint density at radius 3 is 2.24 bits per heavy atom. The van der Waals surface area contributed by atoms with E-state index in [0.29, 0.717) is 40.1 Å². The van der Waals surface area contributed by atoms with Crippen molar-refractivity contribution in [3.05, 3.63) is 53.6 Å². The third kappa shape index (κ3) is 3.78. The molecular weight excluding hydrogens is 370 g/mol. The second-order valence-electron chi connectivity index (χ2n) is 7.46. The summed E-state index contributed by atoms with van der Waals surface area (Å²) in [4.78, 5) is 27.9. The van der Waals surface area contributed by atoms with Crippen LogP contribution in [0.25, 0.3) is 0 Å². The molecule has 2 saturated heterocycles. The summed E-state index contributed by atoms with van der Waals surface area (Å²) in [5.41, 5.74) is 1.33. The number of ether oxygens (including phenoxy) is 2. The van der Waals surface area contributed by atoms with Gasteiger partial charge in [0.15, 0.2) is 11.5 Å². The molecule has 0 aromatic heterocycles. The molecule has 2 heterocycles. The topological polar surface area (TPSA) is 79.9 Å². The highest BCUT2D eigenvalue weighted by Crippen LogP contribution is 2.36. The third-order valence-corrected chi connectivity index (χ3v) is 5.72. The van der Waals surface area contributed by atoms with Crippen molar-refractivity contribution in [2.45, 2.75) is 0 Å². The fraction of sp³-hybridized carbons (Fsp3) is 0.364. The molecule has 2 atom stereocenters. The zero-order valence-corrected chi connectivity index (χ0v) is 16.6. The van der Waals surface area contributed by atoms with Crippen LogP contribution in [-0.4, -0.2) is 57.1 Å². The Morgan fingerprint density at radius 1 is 1.00 bits per heavy atom. The van der Waals surface area contributed by atoms with Crippen LogP contribution in [0.4, 0.5) is 5.69 Å². The molecule has 0 spiro atoms. The maximum atomic E-state index is 13.3. The highest BCUT2D eigenvalue weighted by atomic mass is 16.5. The van der Waals surface area contributed by atoms with Crippen LogP contribution in [0.3, 0.4) is 0 Å². The van der Waals surface area contributed by atoms with Crippen LogP contribution in [0, 0.1) is 11.8 Å². The highest BCUT2D eigenvalue weighted by Gasteiger charge is 2.39. The number of benzene rings is 2. The minimum absolute atomic E-state index is 0.108. The van der Waals surface area contributed by atoms with Crippen LogP contribution < -0.4 is 20.1 Å². The Morgan fingerprint density at radius 2 is 1.62 bits per heavy atom. The molecule has 0 aliphatic carbocycles. The maximum Gasteiger partial charge on any atom is 0.256 e. The molecule has 0 saturated carbocycles. The fourth-order valence-electron chi connectivity index (χ4n) is 4.13. The van der Waals surface area contributed by atoms with Gasteiger partial charge in [-0.05, 0) is 30.0 Å². The molecule has 2 N–H and O–H groups in total. The van der Waals surface area contributed by atoms with Gasteiger partial charge in [0.25, 0.3) is 11.8 Å². The van der Waals surface area contributed by atoms with Gasteiger partial charge >= 0.3 is 0 Å². The molecule has 2 aromatic carbocycles. The van der Waals surface area contributed by atoms with E-state index in [-0.39, 0.29) is 11.8 Å². The summed E-state index contributed by atoms with van der Waals surface area (Å²) in [6.45, 7) is 3.32. The van der Waals surface area contributed by atoms with E-state index in [1.807, 2.05) is 11.0 Å². The van der Waals surface area contributed by atoms with Gasteiger partial charge < -0.3 is 25.0 Å². The number of nitrogens with zero attached hydrogens (tertiary/aromatic N) is 1. The number of rotatable bonds is 5. The zero-order valence-electron chi connectivity index (χ0n) is 16.6. The molecule has 0 unspecified atom stereocenters. The van der Waals surface area contributed by atoms with Crippen molar-refractivity contribution in [3.8, 4) is 11.5 Å². The van der Waals surface area contributed by atoms with Gasteiger partial charge in [0.2, 0.25) is 0 Å². The number of carbonyl (C=O) groups excluding carboxylic acids is 2. The SMILES string of the molecule is COc1cc(NC(=O)c2ccccc2)c(C(=O)N2C[C@H]3CNC[C@H]3C2)cc1OC. The minimum Gasteiger partial charge on any atom is -0.493 e. The predicted octanol–water partition coefficient (Wildman–Crippen LogP) is 2.25. The molecule has 152 valence electrons. The number of amides is 2. The molecule has 0 radical (unpaired) electrons. The van der Waals surface area contributed by atoms with Crippen molar-refractivity contribution < 1.29 is 19.1 Å². The van der Waals surface area contributed by atoms with Crippen LogP contribution in [-0.2, 0) is 0 Å². The maximum absolute atomic E-state index is 13.3. The second-order valence-corrected chi connectivity index (χ2v) is 7.46. The van der Waals surface area contributed by atoms with Gasteiger partial charge in [0.05, 0.1) is 25.5 Å². The lowest BCUT2D eigenvalue weighted by molar-refractivity contribution is 0.0782. The first-order chi connectivity index (χ1) is 14.1. The van der Waals surface area contributed by atoms with Crippen molar-refractivity contribution in [2.24, 2.45) is 11.8 Å². The van der Waals surface area contributed by atoms with Crippen LogP contribution in [0.15, 0.2) is 42.5 Å². The Kier molecular flexibility index (Phi) is 5.40. The summed E-state index contributed by atoms with van der Waals surface area (Å²) in [5.74, 6) is 1.49. The van der Waals surface area contributed by atoms with Crippen molar-refractivity contribution in [2.75, 3.05) is 45.7 Å². The molecule has 7 heteroatoms. The molecule has 2 aromatic rings. The largest absolute Gasteiger partial charge is 0.493 e. The van der Waals surface area contributed by atoms with E-state index < -0.39 is 0 Å². The number of nitrogens with one attached hydrogen (secondary N) is 2. The smallest absolute Gasteiger partial charge is 0.256 e. The van der Waals surface area contributed by atoms with E-state index in [1.165, 1.54) is 14.2 Å². The summed E-state index contributed by atoms with van der Waals surface area (Å²) in [6.07, 6.45) is 0. The summed E-state index contributed by atoms with van der Waals surface area (Å²) in [7, 11) is 3.05. The lowest BCUT2D eigenvalue weighted by atomic mass is 10.0. The number of carbonyl (C=O) groups is 2. The van der Waals surface area contributed by atoms with E-state index in [9.17, 15) is 9.59 Å². The lowest BCUT2D eigenvalue weighted by Crippen LogP contribution is -2.32. The number of methoxy groups -OCH3 is 2. The summed E-state index contributed by atoms with van der Waals surface area (Å²) < 4.78 is 10.8. The average Bonchev–Trinajstić information content (AvgIpc) is 3.36. The first-order valence-electron chi connectivity index (χ1n) is 9.73. The summed E-state index contributed by atoms with van der Waals surface area (Å²) in [5, 5.41) is 6.25. The standard InChI is InChI=1S/C22H25N3O4/c1-28-19-8-17(22(27)25-12-15-10-23-11-16(15)13-25)18(9-20(19)29-2)24-21(26)14-6-4-3-5-7-14/h3-9,15-16,23H,10-13H2,1-2H3,(H,24,26)/t15-,16+. The molecule has 4 rings (SSSR count). The summed E-state index contributed by atoms with van der Waals surface area (Å²) >= 11 is 0. The normalized spacial score (nSPS) is 20.3. The quantitative estimate of drug-likeness (QED) is 0.812. The number of anilines is 1. The third-order valence-electron chi connectivity index (χ3n) is 5.72. The molecule has 2 amide bonds. The zero-order chi connectivity index (χ0) is 20.4. The molecule has 2 aliphatic rings. The first kappa shape index (κ1) is 19.3. The number of hydrogen-bond donors (Lipinski definition) is 2. The van der Waals surface area contributed by atoms with Gasteiger partial charge in [0.1, 0.15) is 0 Å². The van der Waals surface area contributed by atoms with Crippen molar-refractivity contribution in [1.29, 1.82) is 0 Å². The van der Waals surface area contributed by atoms with Crippen LogP contribution in [0.1, 0.15) is 20.7 Å². The number of fused-ring (bicyclic) bond motifs is 1. The van der Waals surface area contributed by atoms with E-state index in [0.717, 1.165) is 26.2 Å². The molecular formula is C22H25N3O4. The predicted molar refractivity (Wildman–Crippen MR) is 110 cm³/mol. The Hall–Kier alpha value is -3.06. The highest BCUT2D eigenvalue weighted by molar-refractivity contribution is 6.09. The van der Waals surface area contributed by atoms with Gasteiger partial charge in [0, 0.05) is 37.8 Å². The van der Waals surface area contributed by atoms with Crippen molar-refractivity contribution in [3.63, 3.8) is 0 Å². The van der Waals surface area contributed by atoms with Crippen molar-refractivity contribution >= 4 is 17.5 Å². The Bertz CT molecular complexity index is 904. The van der Waals surface area contributed by atoms with E-state index in [2.05, 4.69) is 10.6 Å². The van der Waals surface area contributed by atoms with Crippen LogP contribution in [0.2, 0.25) is 0 Å². The van der Waals surface area contributed by atoms with E-state index in [1.54, 1.807) is 36.4 Å². The summed E-state index contributed by atoms with van der Waals surface area (Å²) in [6, 6.07) is 12.2. The Labute approximate surface area is 170 Å². The first-order valence-corrected chi connectivity index (χ1v) is 9.73. The molecule has 29 heavy (non-hydrogen) atoms. The van der Waals surface area contributed by atoms with Crippen LogP contribution >= 0.6 is 0 Å². The monoisotopic (exact) mass is 395 g/mol. The number of likely N-dealkylation sites (tertiary alicyclic amines) is 1. The molecule has 7 nitrogen and oxygen atoms in total. The van der Waals surface area contributed by atoms with E-state index >= 15 is 0 Å². The van der Waals surface area contributed by atoms with Crippen LogP contribution in [0.5, 0.6) is 11.5 Å². The minimum atomic E-state index is -0.283. The Balaban J connectivity index is 1.65. The van der Waals surface area contributed by atoms with Gasteiger partial charge in [-0.25, -0.2) is 0 Å². The molecule has 0 bridgehead atoms. The average molecular weight is 395 g/mol. The van der Waals surface area contributed by atoms with Gasteiger partial charge in [-0.15, -0.1) is 0 Å². The lowest BCUT2D eigenvalue weighted by Gasteiger charge is -2.21. The van der Waals surface area contributed by atoms with Gasteiger partial charge in [-0.2, -0.15) is 0 Å². The molecule has 2 fully saturated rings. The fourth-order valence-corrected chi connectivity index (χ4v) is 4.13. The van der Waals surface area contributed by atoms with E-state index in [4.69, 9.17) is 9.47 Å².